The van der Waals surface area contributed by atoms with E-state index in [1.807, 2.05) is 0 Å². The van der Waals surface area contributed by atoms with Crippen LogP contribution in [0.2, 0.25) is 0 Å². The summed E-state index contributed by atoms with van der Waals surface area (Å²) in [5.74, 6) is 0.0733. The van der Waals surface area contributed by atoms with Crippen molar-refractivity contribution in [1.82, 2.24) is 10.1 Å². The van der Waals surface area contributed by atoms with E-state index in [1.165, 1.54) is 13.3 Å². The number of amides is 1. The summed E-state index contributed by atoms with van der Waals surface area (Å²) in [6.07, 6.45) is 1.51. The van der Waals surface area contributed by atoms with Gasteiger partial charge in [0.25, 0.3) is 5.91 Å². The van der Waals surface area contributed by atoms with Crippen LogP contribution in [0.25, 0.3) is 0 Å². The number of benzene rings is 1. The van der Waals surface area contributed by atoms with Crippen LogP contribution in [0.15, 0.2) is 53.2 Å². The Labute approximate surface area is 149 Å². The van der Waals surface area contributed by atoms with Gasteiger partial charge in [-0.1, -0.05) is 11.2 Å². The molecule has 132 valence electrons. The van der Waals surface area contributed by atoms with E-state index in [0.717, 1.165) is 0 Å². The number of nitrogens with zero attached hydrogens (tertiary/aromatic N) is 2. The summed E-state index contributed by atoms with van der Waals surface area (Å²) < 4.78 is 9.62. The highest BCUT2D eigenvalue weighted by Gasteiger charge is 2.11. The molecule has 26 heavy (non-hydrogen) atoms. The summed E-state index contributed by atoms with van der Waals surface area (Å²) in [4.78, 5) is 27.9. The number of carbonyl (C=O) groups is 2. The normalized spacial score (nSPS) is 10.2. The lowest BCUT2D eigenvalue weighted by Crippen LogP contribution is -2.14. The van der Waals surface area contributed by atoms with Crippen molar-refractivity contribution in [2.45, 2.75) is 6.92 Å². The van der Waals surface area contributed by atoms with Crippen LogP contribution in [-0.2, 0) is 4.74 Å². The standard InChI is InChI=1S/C18H16N4O4/c1-11-8-16(22-26-11)21-17(23)15-10-14(6-7-19-15)20-13-5-3-4-12(9-13)18(24)25-2/h3-10H,1-2H3,(H,19,20)(H,21,22,23). The molecule has 0 spiro atoms. The fourth-order valence-electron chi connectivity index (χ4n) is 2.25. The number of hydrogen-bond donors (Lipinski definition) is 2. The zero-order valence-corrected chi connectivity index (χ0v) is 14.1. The van der Waals surface area contributed by atoms with Gasteiger partial charge in [-0.3, -0.25) is 9.78 Å². The number of nitrogens with one attached hydrogen (secondary N) is 2. The monoisotopic (exact) mass is 352 g/mol. The summed E-state index contributed by atoms with van der Waals surface area (Å²) in [6, 6.07) is 11.8. The number of pyridine rings is 1. The molecule has 1 aromatic carbocycles. The maximum absolute atomic E-state index is 12.3. The van der Waals surface area contributed by atoms with Crippen molar-refractivity contribution < 1.29 is 18.8 Å². The van der Waals surface area contributed by atoms with Crippen molar-refractivity contribution in [2.24, 2.45) is 0 Å². The minimum absolute atomic E-state index is 0.208. The maximum Gasteiger partial charge on any atom is 0.337 e. The van der Waals surface area contributed by atoms with Crippen LogP contribution in [0.5, 0.6) is 0 Å². The quantitative estimate of drug-likeness (QED) is 0.679. The third-order valence-corrected chi connectivity index (χ3v) is 3.43. The molecule has 2 aromatic heterocycles. The molecule has 0 atom stereocenters. The molecule has 0 aliphatic rings. The summed E-state index contributed by atoms with van der Waals surface area (Å²) in [5, 5.41) is 9.44. The minimum Gasteiger partial charge on any atom is -0.465 e. The second kappa shape index (κ2) is 7.47. The fourth-order valence-corrected chi connectivity index (χ4v) is 2.25. The lowest BCUT2D eigenvalue weighted by atomic mass is 10.2. The van der Waals surface area contributed by atoms with Crippen LogP contribution in [0.3, 0.4) is 0 Å². The number of ether oxygens (including phenoxy) is 1. The van der Waals surface area contributed by atoms with Crippen molar-refractivity contribution >= 4 is 29.1 Å². The van der Waals surface area contributed by atoms with Crippen molar-refractivity contribution in [1.29, 1.82) is 0 Å². The van der Waals surface area contributed by atoms with Gasteiger partial charge in [-0.15, -0.1) is 0 Å². The number of methoxy groups -OCH3 is 1. The van der Waals surface area contributed by atoms with Gasteiger partial charge in [-0.05, 0) is 37.3 Å². The van der Waals surface area contributed by atoms with Crippen molar-refractivity contribution in [3.8, 4) is 0 Å². The molecule has 2 heterocycles. The molecule has 0 radical (unpaired) electrons. The van der Waals surface area contributed by atoms with Gasteiger partial charge in [0.05, 0.1) is 12.7 Å². The maximum atomic E-state index is 12.3. The van der Waals surface area contributed by atoms with Crippen molar-refractivity contribution in [2.75, 3.05) is 17.7 Å². The zero-order valence-electron chi connectivity index (χ0n) is 14.1. The first kappa shape index (κ1) is 17.2. The van der Waals surface area contributed by atoms with Crippen LogP contribution in [0.4, 0.5) is 17.2 Å². The van der Waals surface area contributed by atoms with Crippen LogP contribution >= 0.6 is 0 Å². The van der Waals surface area contributed by atoms with Gasteiger partial charge in [0.1, 0.15) is 11.5 Å². The predicted octanol–water partition coefficient (Wildman–Crippen LogP) is 3.16. The molecule has 3 aromatic rings. The van der Waals surface area contributed by atoms with Gasteiger partial charge < -0.3 is 19.9 Å². The van der Waals surface area contributed by atoms with E-state index in [-0.39, 0.29) is 5.69 Å². The van der Waals surface area contributed by atoms with Gasteiger partial charge in [-0.2, -0.15) is 0 Å². The molecule has 0 bridgehead atoms. The van der Waals surface area contributed by atoms with Gasteiger partial charge in [0.2, 0.25) is 0 Å². The number of anilines is 3. The van der Waals surface area contributed by atoms with Gasteiger partial charge in [0, 0.05) is 23.6 Å². The lowest BCUT2D eigenvalue weighted by Gasteiger charge is -2.09. The molecular formula is C18H16N4O4. The molecular weight excluding hydrogens is 336 g/mol. The fraction of sp³-hybridized carbons (Fsp3) is 0.111. The number of rotatable bonds is 5. The molecule has 8 heteroatoms. The Hall–Kier alpha value is -3.68. The van der Waals surface area contributed by atoms with Gasteiger partial charge in [0.15, 0.2) is 5.82 Å². The van der Waals surface area contributed by atoms with Crippen LogP contribution in [0, 0.1) is 6.92 Å². The number of aryl methyl sites for hydroxylation is 1. The van der Waals surface area contributed by atoms with Crippen molar-refractivity contribution in [3.05, 3.63) is 65.7 Å². The van der Waals surface area contributed by atoms with Crippen LogP contribution in [0.1, 0.15) is 26.6 Å². The number of hydrogen-bond acceptors (Lipinski definition) is 7. The van der Waals surface area contributed by atoms with E-state index < -0.39 is 11.9 Å². The molecule has 0 aliphatic carbocycles. The largest absolute Gasteiger partial charge is 0.465 e. The second-order valence-electron chi connectivity index (χ2n) is 5.40. The number of aromatic nitrogens is 2. The van der Waals surface area contributed by atoms with E-state index in [4.69, 9.17) is 9.26 Å². The molecule has 0 saturated carbocycles. The smallest absolute Gasteiger partial charge is 0.337 e. The highest BCUT2D eigenvalue weighted by Crippen LogP contribution is 2.19. The predicted molar refractivity (Wildman–Crippen MR) is 94.5 cm³/mol. The third kappa shape index (κ3) is 4.04. The Morgan fingerprint density at radius 3 is 2.65 bits per heavy atom. The lowest BCUT2D eigenvalue weighted by molar-refractivity contribution is 0.0600. The Morgan fingerprint density at radius 2 is 1.92 bits per heavy atom. The van der Waals surface area contributed by atoms with Crippen molar-refractivity contribution in [3.63, 3.8) is 0 Å². The van der Waals surface area contributed by atoms with Gasteiger partial charge in [-0.25, -0.2) is 4.79 Å². The first-order valence-electron chi connectivity index (χ1n) is 7.71. The molecule has 0 aliphatic heterocycles. The zero-order chi connectivity index (χ0) is 18.5. The summed E-state index contributed by atoms with van der Waals surface area (Å²) in [7, 11) is 1.33. The number of esters is 1. The molecule has 1 amide bonds. The Bertz CT molecular complexity index is 952. The highest BCUT2D eigenvalue weighted by atomic mass is 16.5. The average molecular weight is 352 g/mol. The Morgan fingerprint density at radius 1 is 1.12 bits per heavy atom. The van der Waals surface area contributed by atoms with E-state index in [2.05, 4.69) is 20.8 Å². The summed E-state index contributed by atoms with van der Waals surface area (Å²) in [6.45, 7) is 1.73. The molecule has 0 saturated heterocycles. The van der Waals surface area contributed by atoms with E-state index in [1.54, 1.807) is 49.4 Å². The highest BCUT2D eigenvalue weighted by molar-refractivity contribution is 6.02. The third-order valence-electron chi connectivity index (χ3n) is 3.43. The molecule has 3 rings (SSSR count). The first-order chi connectivity index (χ1) is 12.5. The van der Waals surface area contributed by atoms with Crippen LogP contribution < -0.4 is 10.6 Å². The topological polar surface area (TPSA) is 106 Å². The van der Waals surface area contributed by atoms with Crippen LogP contribution in [-0.4, -0.2) is 29.1 Å². The minimum atomic E-state index is -0.425. The first-order valence-corrected chi connectivity index (χ1v) is 7.71. The van der Waals surface area contributed by atoms with E-state index >= 15 is 0 Å². The molecule has 0 unspecified atom stereocenters. The summed E-state index contributed by atoms with van der Waals surface area (Å²) >= 11 is 0. The second-order valence-corrected chi connectivity index (χ2v) is 5.40. The Balaban J connectivity index is 1.75. The SMILES string of the molecule is COC(=O)c1cccc(Nc2ccnc(C(=O)Nc3cc(C)on3)c2)c1. The van der Waals surface area contributed by atoms with Gasteiger partial charge >= 0.3 is 5.97 Å². The average Bonchev–Trinajstić information content (AvgIpc) is 3.06. The molecule has 8 nitrogen and oxygen atoms in total. The van der Waals surface area contributed by atoms with E-state index in [0.29, 0.717) is 28.5 Å². The molecule has 2 N–H and O–H groups in total. The Kier molecular flexibility index (Phi) is 4.93. The molecule has 0 fully saturated rings. The summed E-state index contributed by atoms with van der Waals surface area (Å²) in [5.41, 5.74) is 1.95. The number of carbonyl (C=O) groups excluding carboxylic acids is 2. The van der Waals surface area contributed by atoms with E-state index in [9.17, 15) is 9.59 Å².